The number of carbonyl (C=O) groups excluding carboxylic acids is 2. The molecule has 1 aliphatic rings. The fourth-order valence-electron chi connectivity index (χ4n) is 2.31. The van der Waals surface area contributed by atoms with Gasteiger partial charge in [-0.05, 0) is 37.4 Å². The summed E-state index contributed by atoms with van der Waals surface area (Å²) < 4.78 is 4.96. The number of nitrogens with zero attached hydrogens (tertiary/aromatic N) is 2. The highest BCUT2D eigenvalue weighted by molar-refractivity contribution is 8.13. The molecule has 9 heteroatoms. The number of rotatable bonds is 9. The van der Waals surface area contributed by atoms with Crippen molar-refractivity contribution in [3.05, 3.63) is 4.91 Å². The Morgan fingerprint density at radius 3 is 2.78 bits per heavy atom. The van der Waals surface area contributed by atoms with Gasteiger partial charge in [0.2, 0.25) is 5.91 Å². The van der Waals surface area contributed by atoms with Gasteiger partial charge in [0, 0.05) is 18.2 Å². The zero-order chi connectivity index (χ0) is 17.2. The Morgan fingerprint density at radius 1 is 1.39 bits per heavy atom. The zero-order valence-corrected chi connectivity index (χ0v) is 13.9. The van der Waals surface area contributed by atoms with Gasteiger partial charge in [0.1, 0.15) is 6.04 Å². The molecule has 0 aromatic rings. The number of amides is 1. The van der Waals surface area contributed by atoms with Crippen LogP contribution in [0.1, 0.15) is 32.6 Å². The Kier molecular flexibility index (Phi) is 8.60. The molecule has 8 nitrogen and oxygen atoms in total. The second-order valence-corrected chi connectivity index (χ2v) is 6.35. The number of hydrogen-bond donors (Lipinski definition) is 1. The summed E-state index contributed by atoms with van der Waals surface area (Å²) in [7, 11) is 0. The third kappa shape index (κ3) is 6.55. The van der Waals surface area contributed by atoms with E-state index in [-0.39, 0.29) is 24.8 Å². The molecule has 130 valence electrons. The van der Waals surface area contributed by atoms with Crippen LogP contribution in [0.4, 0.5) is 4.79 Å². The molecule has 1 rings (SSSR count). The Bertz CT molecular complexity index is 445. The molecule has 0 radical (unpaired) electrons. The first kappa shape index (κ1) is 19.4. The lowest BCUT2D eigenvalue weighted by Gasteiger charge is -2.24. The summed E-state index contributed by atoms with van der Waals surface area (Å²) in [5, 5.41) is 11.3. The van der Waals surface area contributed by atoms with Crippen molar-refractivity contribution >= 4 is 28.9 Å². The molecular formula is C14H22N2O6S. The van der Waals surface area contributed by atoms with Crippen LogP contribution in [-0.4, -0.2) is 58.7 Å². The van der Waals surface area contributed by atoms with E-state index in [1.165, 1.54) is 4.90 Å². The predicted molar refractivity (Wildman–Crippen MR) is 85.2 cm³/mol. The van der Waals surface area contributed by atoms with Crippen molar-refractivity contribution in [2.24, 2.45) is 11.1 Å². The summed E-state index contributed by atoms with van der Waals surface area (Å²) in [5.74, 6) is -1.44. The number of ether oxygens (including phenoxy) is 1. The van der Waals surface area contributed by atoms with Crippen LogP contribution in [0.3, 0.4) is 0 Å². The van der Waals surface area contributed by atoms with E-state index >= 15 is 0 Å². The predicted octanol–water partition coefficient (Wildman–Crippen LogP) is 2.11. The maximum Gasteiger partial charge on any atom is 0.367 e. The second-order valence-electron chi connectivity index (χ2n) is 5.40. The number of nitroso groups, excluding NO2 is 1. The second kappa shape index (κ2) is 10.2. The number of unbranched alkanes of at least 4 members (excludes halogenated alkanes) is 1. The lowest BCUT2D eigenvalue weighted by Crippen LogP contribution is -2.43. The van der Waals surface area contributed by atoms with E-state index in [0.29, 0.717) is 32.2 Å². The van der Waals surface area contributed by atoms with E-state index in [2.05, 4.69) is 5.18 Å². The SMILES string of the molecule is C[C@H](CSC(=O)OCCCCN=O)C(=O)N1CCC[C@H]1C(=O)O. The minimum atomic E-state index is -0.986. The van der Waals surface area contributed by atoms with Crippen LogP contribution in [0.2, 0.25) is 0 Å². The highest BCUT2D eigenvalue weighted by Gasteiger charge is 2.35. The monoisotopic (exact) mass is 346 g/mol. The van der Waals surface area contributed by atoms with Crippen LogP contribution in [0.25, 0.3) is 0 Å². The quantitative estimate of drug-likeness (QED) is 0.386. The highest BCUT2D eigenvalue weighted by Crippen LogP contribution is 2.22. The summed E-state index contributed by atoms with van der Waals surface area (Å²) in [5.41, 5.74) is 0. The molecule has 1 amide bonds. The Balaban J connectivity index is 2.28. The fraction of sp³-hybridized carbons (Fsp3) is 0.786. The van der Waals surface area contributed by atoms with Gasteiger partial charge < -0.3 is 14.7 Å². The van der Waals surface area contributed by atoms with Crippen LogP contribution in [0.15, 0.2) is 5.18 Å². The van der Waals surface area contributed by atoms with Gasteiger partial charge in [0.25, 0.3) is 0 Å². The minimum absolute atomic E-state index is 0.205. The molecule has 1 heterocycles. The standard InChI is InChI=1S/C14H22N2O6S/c1-10(9-23-14(20)22-8-3-2-6-15-21)12(17)16-7-4-5-11(16)13(18)19/h10-11H,2-9H2,1H3,(H,18,19)/t10-,11+/m1/s1. The number of carboxylic acids is 1. The zero-order valence-electron chi connectivity index (χ0n) is 13.1. The third-order valence-electron chi connectivity index (χ3n) is 3.56. The van der Waals surface area contributed by atoms with Crippen molar-refractivity contribution in [1.29, 1.82) is 0 Å². The van der Waals surface area contributed by atoms with Gasteiger partial charge in [-0.1, -0.05) is 12.1 Å². The molecular weight excluding hydrogens is 324 g/mol. The van der Waals surface area contributed by atoms with Crippen molar-refractivity contribution in [3.8, 4) is 0 Å². The van der Waals surface area contributed by atoms with Gasteiger partial charge >= 0.3 is 11.3 Å². The van der Waals surface area contributed by atoms with Crippen molar-refractivity contribution in [2.75, 3.05) is 25.4 Å². The van der Waals surface area contributed by atoms with Crippen LogP contribution in [-0.2, 0) is 14.3 Å². The molecule has 0 saturated carbocycles. The van der Waals surface area contributed by atoms with Crippen molar-refractivity contribution in [1.82, 2.24) is 4.90 Å². The van der Waals surface area contributed by atoms with Crippen LogP contribution >= 0.6 is 11.8 Å². The molecule has 0 aliphatic carbocycles. The maximum atomic E-state index is 12.3. The van der Waals surface area contributed by atoms with E-state index in [1.54, 1.807) is 6.92 Å². The maximum absolute atomic E-state index is 12.3. The molecule has 0 aromatic heterocycles. The van der Waals surface area contributed by atoms with Gasteiger partial charge in [-0.2, -0.15) is 4.91 Å². The Labute approximate surface area is 138 Å². The third-order valence-corrected chi connectivity index (χ3v) is 4.58. The van der Waals surface area contributed by atoms with Crippen molar-refractivity contribution in [2.45, 2.75) is 38.6 Å². The Hall–Kier alpha value is -1.64. The summed E-state index contributed by atoms with van der Waals surface area (Å²) in [6, 6.07) is -0.756. The van der Waals surface area contributed by atoms with E-state index in [0.717, 1.165) is 11.8 Å². The van der Waals surface area contributed by atoms with E-state index in [9.17, 15) is 19.3 Å². The lowest BCUT2D eigenvalue weighted by atomic mass is 10.1. The molecule has 0 unspecified atom stereocenters. The first-order valence-electron chi connectivity index (χ1n) is 7.59. The first-order chi connectivity index (χ1) is 11.0. The molecule has 1 saturated heterocycles. The normalized spacial score (nSPS) is 18.5. The summed E-state index contributed by atoms with van der Waals surface area (Å²) in [4.78, 5) is 46.2. The number of aliphatic carboxylic acids is 1. The summed E-state index contributed by atoms with van der Waals surface area (Å²) in [6.45, 7) is 2.54. The number of carboxylic acid groups (broad SMARTS) is 1. The van der Waals surface area contributed by atoms with E-state index in [4.69, 9.17) is 9.84 Å². The molecule has 1 aliphatic heterocycles. The van der Waals surface area contributed by atoms with Crippen molar-refractivity contribution < 1.29 is 24.2 Å². The highest BCUT2D eigenvalue weighted by atomic mass is 32.2. The van der Waals surface area contributed by atoms with E-state index in [1.807, 2.05) is 0 Å². The van der Waals surface area contributed by atoms with Crippen LogP contribution in [0.5, 0.6) is 0 Å². The molecule has 1 N–H and O–H groups in total. The van der Waals surface area contributed by atoms with Gasteiger partial charge in [-0.3, -0.25) is 4.79 Å². The largest absolute Gasteiger partial charge is 0.480 e. The first-order valence-corrected chi connectivity index (χ1v) is 8.58. The lowest BCUT2D eigenvalue weighted by molar-refractivity contribution is -0.149. The fourth-order valence-corrected chi connectivity index (χ4v) is 3.01. The van der Waals surface area contributed by atoms with Gasteiger partial charge in [-0.15, -0.1) is 0 Å². The van der Waals surface area contributed by atoms with Crippen molar-refractivity contribution in [3.63, 3.8) is 0 Å². The molecule has 23 heavy (non-hydrogen) atoms. The average molecular weight is 346 g/mol. The van der Waals surface area contributed by atoms with Gasteiger partial charge in [0.05, 0.1) is 13.2 Å². The van der Waals surface area contributed by atoms with Crippen LogP contribution in [0, 0.1) is 10.8 Å². The molecule has 0 aromatic carbocycles. The number of likely N-dealkylation sites (tertiary alicyclic amines) is 1. The summed E-state index contributed by atoms with van der Waals surface area (Å²) in [6.07, 6.45) is 2.29. The molecule has 0 spiro atoms. The average Bonchev–Trinajstić information content (AvgIpc) is 3.01. The number of hydrogen-bond acceptors (Lipinski definition) is 7. The number of carbonyl (C=O) groups is 3. The molecule has 0 bridgehead atoms. The molecule has 1 fully saturated rings. The van der Waals surface area contributed by atoms with E-state index < -0.39 is 23.2 Å². The number of thioether (sulfide) groups is 1. The molecule has 2 atom stereocenters. The Morgan fingerprint density at radius 2 is 2.13 bits per heavy atom. The van der Waals surface area contributed by atoms with Gasteiger partial charge in [-0.25, -0.2) is 9.59 Å². The smallest absolute Gasteiger partial charge is 0.367 e. The van der Waals surface area contributed by atoms with Crippen LogP contribution < -0.4 is 0 Å². The minimum Gasteiger partial charge on any atom is -0.480 e. The van der Waals surface area contributed by atoms with Gasteiger partial charge in [0.15, 0.2) is 0 Å². The summed E-state index contributed by atoms with van der Waals surface area (Å²) >= 11 is 0.904. The topological polar surface area (TPSA) is 113 Å².